The number of carbonyl (C=O) groups is 1. The van der Waals surface area contributed by atoms with Gasteiger partial charge in [-0.05, 0) is 37.1 Å². The molecule has 0 heterocycles. The molecule has 0 aliphatic rings. The van der Waals surface area contributed by atoms with Gasteiger partial charge >= 0.3 is 0 Å². The number of nitro benzene ring substituents is 1. The van der Waals surface area contributed by atoms with Crippen molar-refractivity contribution in [2.45, 2.75) is 13.8 Å². The summed E-state index contributed by atoms with van der Waals surface area (Å²) in [7, 11) is 0. The summed E-state index contributed by atoms with van der Waals surface area (Å²) in [6.45, 7) is 4.51. The van der Waals surface area contributed by atoms with E-state index in [-0.39, 0.29) is 18.2 Å². The minimum absolute atomic E-state index is 0.00656. The van der Waals surface area contributed by atoms with E-state index < -0.39 is 4.92 Å². The molecular weight excluding hydrogens is 322 g/mol. The molecule has 0 bridgehead atoms. The summed E-state index contributed by atoms with van der Waals surface area (Å²) >= 11 is 0. The molecule has 2 rings (SSSR count). The highest BCUT2D eigenvalue weighted by atomic mass is 16.6. The Morgan fingerprint density at radius 2 is 1.92 bits per heavy atom. The van der Waals surface area contributed by atoms with Crippen LogP contribution in [0, 0.1) is 24.0 Å². The van der Waals surface area contributed by atoms with Gasteiger partial charge in [-0.15, -0.1) is 0 Å². The SMILES string of the molecule is Cc1ccc(C)c(OCC(=O)NCCNc2ccccc2[N+](=O)[O-])c1. The van der Waals surface area contributed by atoms with Crippen LogP contribution in [-0.4, -0.2) is 30.5 Å². The van der Waals surface area contributed by atoms with Gasteiger partial charge in [-0.1, -0.05) is 24.3 Å². The van der Waals surface area contributed by atoms with Crippen LogP contribution in [0.4, 0.5) is 11.4 Å². The fraction of sp³-hybridized carbons (Fsp3) is 0.278. The van der Waals surface area contributed by atoms with Crippen molar-refractivity contribution in [3.8, 4) is 5.75 Å². The molecule has 7 nitrogen and oxygen atoms in total. The van der Waals surface area contributed by atoms with E-state index in [9.17, 15) is 14.9 Å². The first-order valence-corrected chi connectivity index (χ1v) is 7.91. The van der Waals surface area contributed by atoms with E-state index in [4.69, 9.17) is 4.74 Å². The van der Waals surface area contributed by atoms with Crippen LogP contribution in [0.5, 0.6) is 5.75 Å². The molecule has 7 heteroatoms. The predicted octanol–water partition coefficient (Wildman–Crippen LogP) is 2.82. The van der Waals surface area contributed by atoms with E-state index in [1.165, 1.54) is 6.07 Å². The van der Waals surface area contributed by atoms with Crippen LogP contribution in [0.15, 0.2) is 42.5 Å². The quantitative estimate of drug-likeness (QED) is 0.437. The molecule has 2 aromatic rings. The topological polar surface area (TPSA) is 93.5 Å². The van der Waals surface area contributed by atoms with Gasteiger partial charge in [-0.25, -0.2) is 0 Å². The smallest absolute Gasteiger partial charge is 0.292 e. The fourth-order valence-electron chi connectivity index (χ4n) is 2.24. The average Bonchev–Trinajstić information content (AvgIpc) is 2.59. The number of aryl methyl sites for hydroxylation is 2. The third-order valence-corrected chi connectivity index (χ3v) is 3.57. The van der Waals surface area contributed by atoms with E-state index in [1.807, 2.05) is 32.0 Å². The molecule has 0 fully saturated rings. The Balaban J connectivity index is 1.74. The molecule has 0 aromatic heterocycles. The number of nitrogens with zero attached hydrogens (tertiary/aromatic N) is 1. The van der Waals surface area contributed by atoms with Crippen LogP contribution < -0.4 is 15.4 Å². The monoisotopic (exact) mass is 343 g/mol. The van der Waals surface area contributed by atoms with Crippen LogP contribution in [0.3, 0.4) is 0 Å². The van der Waals surface area contributed by atoms with Crippen molar-refractivity contribution in [1.29, 1.82) is 0 Å². The largest absolute Gasteiger partial charge is 0.483 e. The maximum absolute atomic E-state index is 11.8. The summed E-state index contributed by atoms with van der Waals surface area (Å²) in [5.74, 6) is 0.443. The van der Waals surface area contributed by atoms with Crippen molar-refractivity contribution in [2.75, 3.05) is 25.0 Å². The average molecular weight is 343 g/mol. The number of carbonyl (C=O) groups excluding carboxylic acids is 1. The number of benzene rings is 2. The Morgan fingerprint density at radius 3 is 2.68 bits per heavy atom. The molecule has 0 atom stereocenters. The Morgan fingerprint density at radius 1 is 1.16 bits per heavy atom. The predicted molar refractivity (Wildman–Crippen MR) is 96.0 cm³/mol. The lowest BCUT2D eigenvalue weighted by atomic mass is 10.1. The summed E-state index contributed by atoms with van der Waals surface area (Å²) in [6, 6.07) is 12.2. The van der Waals surface area contributed by atoms with Gasteiger partial charge in [0.15, 0.2) is 6.61 Å². The zero-order chi connectivity index (χ0) is 18.2. The molecule has 0 spiro atoms. The first kappa shape index (κ1) is 18.3. The molecule has 0 radical (unpaired) electrons. The lowest BCUT2D eigenvalue weighted by Gasteiger charge is -2.11. The van der Waals surface area contributed by atoms with Gasteiger partial charge in [-0.3, -0.25) is 14.9 Å². The van der Waals surface area contributed by atoms with Crippen molar-refractivity contribution in [3.63, 3.8) is 0 Å². The highest BCUT2D eigenvalue weighted by Gasteiger charge is 2.11. The lowest BCUT2D eigenvalue weighted by Crippen LogP contribution is -2.32. The minimum atomic E-state index is -0.446. The van der Waals surface area contributed by atoms with E-state index in [2.05, 4.69) is 10.6 Å². The Kier molecular flexibility index (Phi) is 6.33. The number of nitrogens with one attached hydrogen (secondary N) is 2. The van der Waals surface area contributed by atoms with Crippen LogP contribution >= 0.6 is 0 Å². The molecule has 1 amide bonds. The van der Waals surface area contributed by atoms with Crippen LogP contribution in [-0.2, 0) is 4.79 Å². The summed E-state index contributed by atoms with van der Waals surface area (Å²) in [6.07, 6.45) is 0. The fourth-order valence-corrected chi connectivity index (χ4v) is 2.24. The van der Waals surface area contributed by atoms with Gasteiger partial charge in [-0.2, -0.15) is 0 Å². The molecular formula is C18H21N3O4. The second-order valence-electron chi connectivity index (χ2n) is 5.61. The molecule has 0 saturated carbocycles. The Bertz CT molecular complexity index is 762. The van der Waals surface area contributed by atoms with E-state index in [0.717, 1.165) is 11.1 Å². The van der Waals surface area contributed by atoms with Crippen LogP contribution in [0.1, 0.15) is 11.1 Å². The van der Waals surface area contributed by atoms with Crippen molar-refractivity contribution in [3.05, 3.63) is 63.7 Å². The van der Waals surface area contributed by atoms with Crippen molar-refractivity contribution < 1.29 is 14.5 Å². The standard InChI is InChI=1S/C18H21N3O4/c1-13-7-8-14(2)17(11-13)25-12-18(22)20-10-9-19-15-5-3-4-6-16(15)21(23)24/h3-8,11,19H,9-10,12H2,1-2H3,(H,20,22). The minimum Gasteiger partial charge on any atom is -0.483 e. The first-order chi connectivity index (χ1) is 12.0. The van der Waals surface area contributed by atoms with Gasteiger partial charge in [0, 0.05) is 19.2 Å². The normalized spacial score (nSPS) is 10.2. The van der Waals surface area contributed by atoms with Crippen LogP contribution in [0.2, 0.25) is 0 Å². The van der Waals surface area contributed by atoms with Gasteiger partial charge in [0.1, 0.15) is 11.4 Å². The number of rotatable bonds is 8. The van der Waals surface area contributed by atoms with E-state index in [1.54, 1.807) is 18.2 Å². The van der Waals surface area contributed by atoms with Gasteiger partial charge in [0.25, 0.3) is 11.6 Å². The second kappa shape index (κ2) is 8.68. The van der Waals surface area contributed by atoms with Crippen LogP contribution in [0.25, 0.3) is 0 Å². The summed E-state index contributed by atoms with van der Waals surface area (Å²) in [4.78, 5) is 22.3. The van der Waals surface area contributed by atoms with Gasteiger partial charge < -0.3 is 15.4 Å². The molecule has 0 aliphatic carbocycles. The number of ether oxygens (including phenoxy) is 1. The second-order valence-corrected chi connectivity index (χ2v) is 5.61. The van der Waals surface area contributed by atoms with Gasteiger partial charge in [0.05, 0.1) is 4.92 Å². The highest BCUT2D eigenvalue weighted by molar-refractivity contribution is 5.77. The highest BCUT2D eigenvalue weighted by Crippen LogP contribution is 2.22. The summed E-state index contributed by atoms with van der Waals surface area (Å²) in [5, 5.41) is 16.6. The molecule has 2 aromatic carbocycles. The maximum Gasteiger partial charge on any atom is 0.292 e. The van der Waals surface area contributed by atoms with Crippen molar-refractivity contribution >= 4 is 17.3 Å². The number of hydrogen-bond acceptors (Lipinski definition) is 5. The first-order valence-electron chi connectivity index (χ1n) is 7.91. The maximum atomic E-state index is 11.8. The molecule has 2 N–H and O–H groups in total. The summed E-state index contributed by atoms with van der Waals surface area (Å²) in [5.41, 5.74) is 2.46. The Labute approximate surface area is 146 Å². The third kappa shape index (κ3) is 5.49. The molecule has 25 heavy (non-hydrogen) atoms. The molecule has 0 aliphatic heterocycles. The molecule has 0 unspecified atom stereocenters. The third-order valence-electron chi connectivity index (χ3n) is 3.57. The number of hydrogen-bond donors (Lipinski definition) is 2. The molecule has 0 saturated heterocycles. The number of nitro groups is 1. The van der Waals surface area contributed by atoms with E-state index in [0.29, 0.717) is 24.5 Å². The number of para-hydroxylation sites is 2. The van der Waals surface area contributed by atoms with Crippen molar-refractivity contribution in [1.82, 2.24) is 5.32 Å². The summed E-state index contributed by atoms with van der Waals surface area (Å²) < 4.78 is 5.52. The molecule has 132 valence electrons. The zero-order valence-electron chi connectivity index (χ0n) is 14.2. The van der Waals surface area contributed by atoms with E-state index >= 15 is 0 Å². The van der Waals surface area contributed by atoms with Gasteiger partial charge in [0.2, 0.25) is 0 Å². The number of anilines is 1. The van der Waals surface area contributed by atoms with Crippen molar-refractivity contribution in [2.24, 2.45) is 0 Å². The zero-order valence-corrected chi connectivity index (χ0v) is 14.2. The Hall–Kier alpha value is -3.09. The lowest BCUT2D eigenvalue weighted by molar-refractivity contribution is -0.384. The number of amides is 1.